The third-order valence-corrected chi connectivity index (χ3v) is 7.95. The van der Waals surface area contributed by atoms with Gasteiger partial charge in [0.25, 0.3) is 0 Å². The Morgan fingerprint density at radius 1 is 1.16 bits per heavy atom. The molecule has 0 amide bonds. The summed E-state index contributed by atoms with van der Waals surface area (Å²) in [5, 5.41) is 0. The third kappa shape index (κ3) is 7.07. The average molecular weight is 299 g/mol. The highest BCUT2D eigenvalue weighted by molar-refractivity contribution is 7.60. The van der Waals surface area contributed by atoms with Crippen LogP contribution in [0.4, 0.5) is 0 Å². The molecule has 0 bridgehead atoms. The maximum atomic E-state index is 13.0. The first kappa shape index (κ1) is 16.6. The van der Waals surface area contributed by atoms with Crippen LogP contribution in [-0.2, 0) is 15.2 Å². The van der Waals surface area contributed by atoms with Crippen molar-refractivity contribution in [2.75, 3.05) is 26.5 Å². The van der Waals surface area contributed by atoms with Gasteiger partial charge in [-0.15, -0.1) is 0 Å². The van der Waals surface area contributed by atoms with Gasteiger partial charge in [-0.2, -0.15) is 0 Å². The zero-order valence-corrected chi connectivity index (χ0v) is 14.6. The SMILES string of the molecule is CN(C)CP(=O)(CCc1ccccc1)O[Si](C)(C)C. The summed E-state index contributed by atoms with van der Waals surface area (Å²) in [6.45, 7) is 6.29. The standard InChI is InChI=1S/C14H26NO2PSi/c1-15(2)13-18(16,17-19(3,4)5)12-11-14-9-7-6-8-10-14/h6-10H,11-13H2,1-5H3. The summed E-state index contributed by atoms with van der Waals surface area (Å²) in [5.74, 6) is 0. The van der Waals surface area contributed by atoms with E-state index in [0.29, 0.717) is 12.4 Å². The van der Waals surface area contributed by atoms with E-state index >= 15 is 0 Å². The summed E-state index contributed by atoms with van der Waals surface area (Å²) >= 11 is 0. The molecule has 19 heavy (non-hydrogen) atoms. The van der Waals surface area contributed by atoms with Crippen LogP contribution in [0.2, 0.25) is 19.6 Å². The molecule has 1 rings (SSSR count). The van der Waals surface area contributed by atoms with Gasteiger partial charge in [0.15, 0.2) is 8.32 Å². The number of hydrogen-bond acceptors (Lipinski definition) is 3. The highest BCUT2D eigenvalue weighted by Gasteiger charge is 2.30. The summed E-state index contributed by atoms with van der Waals surface area (Å²) in [6.07, 6.45) is 1.97. The fourth-order valence-corrected chi connectivity index (χ4v) is 8.21. The molecule has 0 aliphatic carbocycles. The van der Waals surface area contributed by atoms with Gasteiger partial charge in [0.05, 0.1) is 6.29 Å². The Morgan fingerprint density at radius 3 is 2.21 bits per heavy atom. The molecule has 0 radical (unpaired) electrons. The van der Waals surface area contributed by atoms with Gasteiger partial charge in [-0.1, -0.05) is 30.3 Å². The minimum Gasteiger partial charge on any atom is -0.369 e. The summed E-state index contributed by atoms with van der Waals surface area (Å²) < 4.78 is 19.0. The van der Waals surface area contributed by atoms with Gasteiger partial charge >= 0.3 is 0 Å². The zero-order valence-electron chi connectivity index (χ0n) is 12.7. The maximum Gasteiger partial charge on any atom is 0.207 e. The van der Waals surface area contributed by atoms with E-state index in [1.807, 2.05) is 37.2 Å². The fourth-order valence-electron chi connectivity index (χ4n) is 2.02. The first-order chi connectivity index (χ1) is 8.70. The molecule has 108 valence electrons. The predicted octanol–water partition coefficient (Wildman–Crippen LogP) is 3.88. The second-order valence-corrected chi connectivity index (χ2v) is 13.5. The molecule has 0 aliphatic heterocycles. The van der Waals surface area contributed by atoms with E-state index in [9.17, 15) is 4.57 Å². The smallest absolute Gasteiger partial charge is 0.207 e. The lowest BCUT2D eigenvalue weighted by Crippen LogP contribution is -2.28. The van der Waals surface area contributed by atoms with E-state index in [-0.39, 0.29) is 0 Å². The summed E-state index contributed by atoms with van der Waals surface area (Å²) in [6, 6.07) is 10.2. The van der Waals surface area contributed by atoms with Crippen molar-refractivity contribution in [3.63, 3.8) is 0 Å². The Balaban J connectivity index is 2.72. The lowest BCUT2D eigenvalue weighted by atomic mass is 10.2. The van der Waals surface area contributed by atoms with Crippen LogP contribution in [0.5, 0.6) is 0 Å². The van der Waals surface area contributed by atoms with Crippen molar-refractivity contribution in [2.45, 2.75) is 26.1 Å². The minimum absolute atomic E-state index is 0.532. The van der Waals surface area contributed by atoms with Crippen LogP contribution in [0.15, 0.2) is 30.3 Å². The molecule has 0 aromatic heterocycles. The molecule has 1 aromatic carbocycles. The van der Waals surface area contributed by atoms with Crippen molar-refractivity contribution < 1.29 is 8.78 Å². The van der Waals surface area contributed by atoms with Gasteiger partial charge < -0.3 is 9.11 Å². The van der Waals surface area contributed by atoms with Gasteiger partial charge in [-0.05, 0) is 45.7 Å². The van der Waals surface area contributed by atoms with Crippen LogP contribution in [0.3, 0.4) is 0 Å². The van der Waals surface area contributed by atoms with Gasteiger partial charge in [0.1, 0.15) is 0 Å². The van der Waals surface area contributed by atoms with E-state index in [1.54, 1.807) is 0 Å². The Labute approximate surface area is 118 Å². The second-order valence-electron chi connectivity index (χ2n) is 6.20. The van der Waals surface area contributed by atoms with Crippen molar-refractivity contribution in [3.05, 3.63) is 35.9 Å². The number of hydrogen-bond donors (Lipinski definition) is 0. The summed E-state index contributed by atoms with van der Waals surface area (Å²) in [4.78, 5) is 1.96. The normalized spacial score (nSPS) is 15.5. The van der Waals surface area contributed by atoms with E-state index in [0.717, 1.165) is 6.42 Å². The van der Waals surface area contributed by atoms with E-state index in [2.05, 4.69) is 31.8 Å². The zero-order chi connectivity index (χ0) is 14.5. The lowest BCUT2D eigenvalue weighted by molar-refractivity contribution is 0.416. The highest BCUT2D eigenvalue weighted by atomic mass is 31.2. The lowest BCUT2D eigenvalue weighted by Gasteiger charge is -2.28. The Bertz CT molecular complexity index is 429. The number of rotatable bonds is 7. The number of benzene rings is 1. The first-order valence-electron chi connectivity index (χ1n) is 6.68. The minimum atomic E-state index is -2.57. The molecular formula is C14H26NO2PSi. The summed E-state index contributed by atoms with van der Waals surface area (Å²) in [5.41, 5.74) is 1.22. The van der Waals surface area contributed by atoms with Crippen molar-refractivity contribution in [1.29, 1.82) is 0 Å². The van der Waals surface area contributed by atoms with Gasteiger partial charge in [0.2, 0.25) is 7.37 Å². The maximum absolute atomic E-state index is 13.0. The quantitative estimate of drug-likeness (QED) is 0.565. The Morgan fingerprint density at radius 2 is 1.74 bits per heavy atom. The molecule has 0 spiro atoms. The average Bonchev–Trinajstić information content (AvgIpc) is 2.24. The molecular weight excluding hydrogens is 273 g/mol. The molecule has 3 nitrogen and oxygen atoms in total. The van der Waals surface area contributed by atoms with Crippen molar-refractivity contribution in [2.24, 2.45) is 0 Å². The van der Waals surface area contributed by atoms with Crippen molar-refractivity contribution >= 4 is 15.7 Å². The number of aryl methyl sites for hydroxylation is 1. The van der Waals surface area contributed by atoms with E-state index in [4.69, 9.17) is 4.21 Å². The Kier molecular flexibility index (Phi) is 6.00. The summed E-state index contributed by atoms with van der Waals surface area (Å²) in [7, 11) is -0.468. The molecule has 0 fully saturated rings. The molecule has 0 saturated carbocycles. The van der Waals surface area contributed by atoms with Gasteiger partial charge in [-0.3, -0.25) is 4.57 Å². The van der Waals surface area contributed by atoms with Gasteiger partial charge in [0, 0.05) is 6.16 Å². The molecule has 0 N–H and O–H groups in total. The van der Waals surface area contributed by atoms with Crippen LogP contribution in [-0.4, -0.2) is 39.8 Å². The molecule has 1 unspecified atom stereocenters. The van der Waals surface area contributed by atoms with Crippen LogP contribution in [0, 0.1) is 0 Å². The largest absolute Gasteiger partial charge is 0.369 e. The molecule has 1 aromatic rings. The third-order valence-electron chi connectivity index (χ3n) is 2.52. The second kappa shape index (κ2) is 6.85. The Hall–Kier alpha value is -0.413. The van der Waals surface area contributed by atoms with Crippen molar-refractivity contribution in [1.82, 2.24) is 4.90 Å². The topological polar surface area (TPSA) is 29.5 Å². The highest BCUT2D eigenvalue weighted by Crippen LogP contribution is 2.49. The van der Waals surface area contributed by atoms with Crippen LogP contribution in [0.25, 0.3) is 0 Å². The van der Waals surface area contributed by atoms with E-state index < -0.39 is 15.7 Å². The van der Waals surface area contributed by atoms with Crippen LogP contribution >= 0.6 is 7.37 Å². The van der Waals surface area contributed by atoms with Crippen molar-refractivity contribution in [3.8, 4) is 0 Å². The van der Waals surface area contributed by atoms with Crippen LogP contribution < -0.4 is 0 Å². The molecule has 0 heterocycles. The predicted molar refractivity (Wildman–Crippen MR) is 85.6 cm³/mol. The van der Waals surface area contributed by atoms with Gasteiger partial charge in [-0.25, -0.2) is 0 Å². The van der Waals surface area contributed by atoms with E-state index in [1.165, 1.54) is 5.56 Å². The molecule has 0 aliphatic rings. The monoisotopic (exact) mass is 299 g/mol. The number of nitrogens with zero attached hydrogens (tertiary/aromatic N) is 1. The molecule has 1 atom stereocenters. The fraction of sp³-hybridized carbons (Fsp3) is 0.571. The van der Waals surface area contributed by atoms with Crippen LogP contribution in [0.1, 0.15) is 5.56 Å². The molecule has 5 heteroatoms. The first-order valence-corrected chi connectivity index (χ1v) is 12.1. The molecule has 0 saturated heterocycles.